The van der Waals surface area contributed by atoms with Gasteiger partial charge in [0.1, 0.15) is 4.90 Å². The van der Waals surface area contributed by atoms with Crippen LogP contribution >= 0.6 is 11.6 Å². The van der Waals surface area contributed by atoms with E-state index >= 15 is 0 Å². The molecule has 1 aliphatic heterocycles. The van der Waals surface area contributed by atoms with Gasteiger partial charge < -0.3 is 4.90 Å². The SMILES string of the molecule is Cc1ccc(C)c(C(=O)N2CCN(S(=O)(=O)c3ccccc3Cl)CC2)c1. The Hall–Kier alpha value is -1.89. The van der Waals surface area contributed by atoms with Crippen molar-refractivity contribution in [3.05, 3.63) is 64.2 Å². The maximum absolute atomic E-state index is 12.8. The highest BCUT2D eigenvalue weighted by molar-refractivity contribution is 7.89. The molecule has 138 valence electrons. The molecule has 3 rings (SSSR count). The Morgan fingerprint density at radius 3 is 2.31 bits per heavy atom. The number of benzene rings is 2. The number of piperazine rings is 1. The van der Waals surface area contributed by atoms with Crippen molar-refractivity contribution < 1.29 is 13.2 Å². The summed E-state index contributed by atoms with van der Waals surface area (Å²) in [5.74, 6) is -0.0546. The third kappa shape index (κ3) is 3.63. The molecule has 2 aromatic carbocycles. The van der Waals surface area contributed by atoms with Gasteiger partial charge in [-0.15, -0.1) is 0 Å². The average molecular weight is 393 g/mol. The summed E-state index contributed by atoms with van der Waals surface area (Å²) in [7, 11) is -3.66. The molecule has 1 fully saturated rings. The lowest BCUT2D eigenvalue weighted by Crippen LogP contribution is -2.50. The topological polar surface area (TPSA) is 57.7 Å². The van der Waals surface area contributed by atoms with E-state index in [1.165, 1.54) is 10.4 Å². The number of amides is 1. The molecule has 0 N–H and O–H groups in total. The number of hydrogen-bond acceptors (Lipinski definition) is 3. The van der Waals surface area contributed by atoms with E-state index in [2.05, 4.69) is 0 Å². The molecular weight excluding hydrogens is 372 g/mol. The summed E-state index contributed by atoms with van der Waals surface area (Å²) in [5.41, 5.74) is 2.62. The number of hydrogen-bond donors (Lipinski definition) is 0. The van der Waals surface area contributed by atoms with Crippen LogP contribution in [0.4, 0.5) is 0 Å². The van der Waals surface area contributed by atoms with E-state index in [0.717, 1.165) is 11.1 Å². The Kier molecular flexibility index (Phi) is 5.37. The number of aryl methyl sites for hydroxylation is 2. The van der Waals surface area contributed by atoms with Gasteiger partial charge in [-0.3, -0.25) is 4.79 Å². The molecule has 5 nitrogen and oxygen atoms in total. The molecule has 0 radical (unpaired) electrons. The van der Waals surface area contributed by atoms with Gasteiger partial charge in [-0.2, -0.15) is 4.31 Å². The second-order valence-corrected chi connectivity index (χ2v) is 8.76. The lowest BCUT2D eigenvalue weighted by molar-refractivity contribution is 0.0697. The fourth-order valence-corrected chi connectivity index (χ4v) is 4.98. The van der Waals surface area contributed by atoms with Crippen LogP contribution in [0.2, 0.25) is 5.02 Å². The van der Waals surface area contributed by atoms with Crippen molar-refractivity contribution in [1.29, 1.82) is 0 Å². The normalized spacial score (nSPS) is 15.9. The average Bonchev–Trinajstić information content (AvgIpc) is 2.63. The summed E-state index contributed by atoms with van der Waals surface area (Å²) in [6.07, 6.45) is 0. The van der Waals surface area contributed by atoms with E-state index in [0.29, 0.717) is 18.7 Å². The summed E-state index contributed by atoms with van der Waals surface area (Å²) < 4.78 is 27.0. The van der Waals surface area contributed by atoms with Crippen molar-refractivity contribution in [2.45, 2.75) is 18.7 Å². The van der Waals surface area contributed by atoms with E-state index in [1.54, 1.807) is 23.1 Å². The molecule has 0 spiro atoms. The highest BCUT2D eigenvalue weighted by Crippen LogP contribution is 2.25. The second kappa shape index (κ2) is 7.39. The molecule has 0 aliphatic carbocycles. The monoisotopic (exact) mass is 392 g/mol. The van der Waals surface area contributed by atoms with Crippen molar-refractivity contribution >= 4 is 27.5 Å². The molecule has 26 heavy (non-hydrogen) atoms. The number of carbonyl (C=O) groups is 1. The molecule has 1 heterocycles. The molecule has 1 aliphatic rings. The van der Waals surface area contributed by atoms with Gasteiger partial charge >= 0.3 is 0 Å². The number of sulfonamides is 1. The van der Waals surface area contributed by atoms with Crippen molar-refractivity contribution in [3.8, 4) is 0 Å². The molecule has 0 saturated carbocycles. The molecule has 2 aromatic rings. The molecule has 0 aromatic heterocycles. The minimum absolute atomic E-state index is 0.0546. The van der Waals surface area contributed by atoms with Gasteiger partial charge in [0, 0.05) is 31.7 Å². The smallest absolute Gasteiger partial charge is 0.254 e. The van der Waals surface area contributed by atoms with Crippen LogP contribution in [0.1, 0.15) is 21.5 Å². The Balaban J connectivity index is 1.74. The number of rotatable bonds is 3. The Labute approximate surface area is 159 Å². The summed E-state index contributed by atoms with van der Waals surface area (Å²) >= 11 is 6.05. The van der Waals surface area contributed by atoms with Crippen LogP contribution in [-0.2, 0) is 10.0 Å². The number of nitrogens with zero attached hydrogens (tertiary/aromatic N) is 2. The van der Waals surface area contributed by atoms with Gasteiger partial charge in [0.05, 0.1) is 5.02 Å². The van der Waals surface area contributed by atoms with E-state index in [1.807, 2.05) is 32.0 Å². The largest absolute Gasteiger partial charge is 0.336 e. The summed E-state index contributed by atoms with van der Waals surface area (Å²) in [4.78, 5) is 14.6. The molecule has 0 atom stereocenters. The minimum Gasteiger partial charge on any atom is -0.336 e. The van der Waals surface area contributed by atoms with Gasteiger partial charge in [-0.25, -0.2) is 8.42 Å². The highest BCUT2D eigenvalue weighted by Gasteiger charge is 2.31. The number of halogens is 1. The first-order valence-electron chi connectivity index (χ1n) is 8.42. The number of carbonyl (C=O) groups excluding carboxylic acids is 1. The maximum atomic E-state index is 12.8. The van der Waals surface area contributed by atoms with E-state index < -0.39 is 10.0 Å². The van der Waals surface area contributed by atoms with Gasteiger partial charge in [0.2, 0.25) is 10.0 Å². The lowest BCUT2D eigenvalue weighted by atomic mass is 10.0. The minimum atomic E-state index is -3.66. The van der Waals surface area contributed by atoms with Gasteiger partial charge in [0.15, 0.2) is 0 Å². The van der Waals surface area contributed by atoms with Gasteiger partial charge in [-0.05, 0) is 37.6 Å². The Morgan fingerprint density at radius 1 is 1.00 bits per heavy atom. The van der Waals surface area contributed by atoms with Crippen LogP contribution < -0.4 is 0 Å². The zero-order chi connectivity index (χ0) is 18.9. The Morgan fingerprint density at radius 2 is 1.65 bits per heavy atom. The quantitative estimate of drug-likeness (QED) is 0.806. The predicted molar refractivity (Wildman–Crippen MR) is 102 cm³/mol. The highest BCUT2D eigenvalue weighted by atomic mass is 35.5. The first-order chi connectivity index (χ1) is 12.3. The molecule has 1 amide bonds. The standard InChI is InChI=1S/C19H21ClN2O3S/c1-14-7-8-15(2)16(13-14)19(23)21-9-11-22(12-10-21)26(24,25)18-6-4-3-5-17(18)20/h3-8,13H,9-12H2,1-2H3. The molecule has 7 heteroatoms. The molecule has 0 bridgehead atoms. The van der Waals surface area contributed by atoms with Crippen LogP contribution in [-0.4, -0.2) is 49.7 Å². The van der Waals surface area contributed by atoms with Crippen LogP contribution in [0.25, 0.3) is 0 Å². The fourth-order valence-electron chi connectivity index (χ4n) is 3.06. The summed E-state index contributed by atoms with van der Waals surface area (Å²) in [6, 6.07) is 12.2. The van der Waals surface area contributed by atoms with Crippen LogP contribution in [0.15, 0.2) is 47.4 Å². The maximum Gasteiger partial charge on any atom is 0.254 e. The van der Waals surface area contributed by atoms with Crippen LogP contribution in [0.3, 0.4) is 0 Å². The predicted octanol–water partition coefficient (Wildman–Crippen LogP) is 3.10. The van der Waals surface area contributed by atoms with Gasteiger partial charge in [-0.1, -0.05) is 41.4 Å². The van der Waals surface area contributed by atoms with E-state index in [-0.39, 0.29) is 28.9 Å². The lowest BCUT2D eigenvalue weighted by Gasteiger charge is -2.34. The molecular formula is C19H21ClN2O3S. The second-order valence-electron chi connectivity index (χ2n) is 6.45. The third-order valence-electron chi connectivity index (χ3n) is 4.60. The van der Waals surface area contributed by atoms with E-state index in [9.17, 15) is 13.2 Å². The molecule has 0 unspecified atom stereocenters. The van der Waals surface area contributed by atoms with Gasteiger partial charge in [0.25, 0.3) is 5.91 Å². The third-order valence-corrected chi connectivity index (χ3v) is 7.00. The molecule has 1 saturated heterocycles. The van der Waals surface area contributed by atoms with Crippen molar-refractivity contribution in [3.63, 3.8) is 0 Å². The van der Waals surface area contributed by atoms with Crippen molar-refractivity contribution in [1.82, 2.24) is 9.21 Å². The summed E-state index contributed by atoms with van der Waals surface area (Å²) in [6.45, 7) is 5.08. The Bertz CT molecular complexity index is 936. The van der Waals surface area contributed by atoms with Crippen molar-refractivity contribution in [2.24, 2.45) is 0 Å². The van der Waals surface area contributed by atoms with Crippen molar-refractivity contribution in [2.75, 3.05) is 26.2 Å². The van der Waals surface area contributed by atoms with E-state index in [4.69, 9.17) is 11.6 Å². The summed E-state index contributed by atoms with van der Waals surface area (Å²) in [5, 5.41) is 0.210. The first kappa shape index (κ1) is 18.9. The zero-order valence-electron chi connectivity index (χ0n) is 14.8. The van der Waals surface area contributed by atoms with Crippen LogP contribution in [0.5, 0.6) is 0 Å². The zero-order valence-corrected chi connectivity index (χ0v) is 16.3. The fraction of sp³-hybridized carbons (Fsp3) is 0.316. The van der Waals surface area contributed by atoms with Crippen LogP contribution in [0, 0.1) is 13.8 Å². The first-order valence-corrected chi connectivity index (χ1v) is 10.2.